The molecular formula is C29H42N4O2. The van der Waals surface area contributed by atoms with Gasteiger partial charge < -0.3 is 5.11 Å². The Morgan fingerprint density at radius 1 is 1.06 bits per heavy atom. The molecule has 1 N–H and O–H groups in total. The van der Waals surface area contributed by atoms with E-state index in [0.717, 1.165) is 55.0 Å². The van der Waals surface area contributed by atoms with Crippen LogP contribution in [0.15, 0.2) is 18.5 Å². The quantitative estimate of drug-likeness (QED) is 0.633. The van der Waals surface area contributed by atoms with Gasteiger partial charge in [0, 0.05) is 12.1 Å². The fourth-order valence-electron chi connectivity index (χ4n) is 9.76. The molecule has 2 aromatic heterocycles. The van der Waals surface area contributed by atoms with E-state index in [9.17, 15) is 9.90 Å². The topological polar surface area (TPSA) is 80.9 Å². The van der Waals surface area contributed by atoms with Crippen LogP contribution in [0.25, 0.3) is 11.0 Å². The van der Waals surface area contributed by atoms with Crippen molar-refractivity contribution in [3.63, 3.8) is 0 Å². The van der Waals surface area contributed by atoms with Gasteiger partial charge in [-0.1, -0.05) is 27.2 Å². The third-order valence-electron chi connectivity index (χ3n) is 11.5. The van der Waals surface area contributed by atoms with Crippen molar-refractivity contribution in [1.29, 1.82) is 0 Å². The number of rotatable bonds is 4. The summed E-state index contributed by atoms with van der Waals surface area (Å²) in [5, 5.41) is 19.9. The lowest BCUT2D eigenvalue weighted by Crippen LogP contribution is -2.55. The number of hydrogen-bond acceptors (Lipinski definition) is 5. The molecule has 0 aliphatic heterocycles. The summed E-state index contributed by atoms with van der Waals surface area (Å²) in [6.45, 7) is 9.58. The first-order valence-corrected chi connectivity index (χ1v) is 14.0. The number of carbonyl (C=O) groups excluding carboxylic acids is 1. The van der Waals surface area contributed by atoms with Gasteiger partial charge in [0.15, 0.2) is 5.78 Å². The first-order valence-electron chi connectivity index (χ1n) is 14.0. The highest BCUT2D eigenvalue weighted by Gasteiger charge is 2.63. The fourth-order valence-corrected chi connectivity index (χ4v) is 9.76. The molecule has 0 bridgehead atoms. The zero-order valence-electron chi connectivity index (χ0n) is 21.9. The van der Waals surface area contributed by atoms with Gasteiger partial charge in [-0.3, -0.25) is 9.78 Å². The van der Waals surface area contributed by atoms with Crippen LogP contribution in [0.1, 0.15) is 85.5 Å². The van der Waals surface area contributed by atoms with E-state index in [0.29, 0.717) is 29.0 Å². The number of nitrogens with zero attached hydrogens (tertiary/aromatic N) is 4. The van der Waals surface area contributed by atoms with Crippen LogP contribution < -0.4 is 0 Å². The van der Waals surface area contributed by atoms with Gasteiger partial charge in [0.1, 0.15) is 17.6 Å². The van der Waals surface area contributed by atoms with Crippen LogP contribution in [0, 0.1) is 46.3 Å². The first-order chi connectivity index (χ1) is 16.6. The molecule has 4 aliphatic rings. The number of Topliss-reactive ketones (excluding diaryl/α,β-unsaturated/α-hetero) is 1. The highest BCUT2D eigenvalue weighted by atomic mass is 16.3. The molecule has 0 amide bonds. The molecule has 6 rings (SSSR count). The Balaban J connectivity index is 1.26. The maximum Gasteiger partial charge on any atom is 0.160 e. The molecule has 6 nitrogen and oxygen atoms in total. The number of ketones is 1. The maximum absolute atomic E-state index is 13.9. The zero-order valence-corrected chi connectivity index (χ0v) is 21.9. The predicted octanol–water partition coefficient (Wildman–Crippen LogP) is 5.44. The van der Waals surface area contributed by atoms with Crippen molar-refractivity contribution in [3.05, 3.63) is 18.5 Å². The third-order valence-corrected chi connectivity index (χ3v) is 11.5. The molecule has 0 radical (unpaired) electrons. The van der Waals surface area contributed by atoms with Gasteiger partial charge in [0.25, 0.3) is 0 Å². The molecular weight excluding hydrogens is 436 g/mol. The van der Waals surface area contributed by atoms with E-state index in [1.54, 1.807) is 17.2 Å². The number of fused-ring (bicyclic) bond motifs is 6. The van der Waals surface area contributed by atoms with Crippen molar-refractivity contribution in [3.8, 4) is 0 Å². The summed E-state index contributed by atoms with van der Waals surface area (Å²) >= 11 is 0. The summed E-state index contributed by atoms with van der Waals surface area (Å²) in [5.41, 5.74) is 1.49. The second-order valence-corrected chi connectivity index (χ2v) is 13.3. The van der Waals surface area contributed by atoms with E-state index in [-0.39, 0.29) is 17.9 Å². The van der Waals surface area contributed by atoms with Crippen LogP contribution in [0.5, 0.6) is 0 Å². The Labute approximate surface area is 209 Å². The monoisotopic (exact) mass is 478 g/mol. The van der Waals surface area contributed by atoms with Crippen molar-refractivity contribution >= 4 is 16.8 Å². The summed E-state index contributed by atoms with van der Waals surface area (Å²) in [5.74, 6) is 3.63. The molecule has 2 aromatic rings. The SMILES string of the molecule is CC[C@@H]1C[C@H]2[C@@H]3CC[C@H]4C[C@](C)(O)CC[C@]4(C)[C@H]3CC[C@]2(C)[C@H]1C(=O)Cn1nc2ccncc2n1. The molecule has 0 aromatic carbocycles. The van der Waals surface area contributed by atoms with E-state index >= 15 is 0 Å². The molecule has 4 fully saturated rings. The Bertz CT molecular complexity index is 1090. The van der Waals surface area contributed by atoms with Crippen LogP contribution in [-0.4, -0.2) is 36.5 Å². The van der Waals surface area contributed by atoms with Crippen LogP contribution in [0.2, 0.25) is 0 Å². The maximum atomic E-state index is 13.9. The molecule has 0 saturated heterocycles. The van der Waals surface area contributed by atoms with Crippen molar-refractivity contribution < 1.29 is 9.90 Å². The van der Waals surface area contributed by atoms with Gasteiger partial charge in [-0.2, -0.15) is 15.0 Å². The van der Waals surface area contributed by atoms with E-state index in [1.165, 1.54) is 25.7 Å². The summed E-state index contributed by atoms with van der Waals surface area (Å²) in [7, 11) is 0. The number of aromatic nitrogens is 4. The van der Waals surface area contributed by atoms with E-state index in [1.807, 2.05) is 13.0 Å². The Kier molecular flexibility index (Phi) is 5.45. The molecule has 0 spiro atoms. The highest BCUT2D eigenvalue weighted by molar-refractivity contribution is 5.82. The second kappa shape index (κ2) is 8.09. The van der Waals surface area contributed by atoms with Gasteiger partial charge in [-0.25, -0.2) is 0 Å². The lowest BCUT2D eigenvalue weighted by molar-refractivity contribution is -0.151. The first kappa shape index (κ1) is 23.6. The van der Waals surface area contributed by atoms with Crippen LogP contribution in [-0.2, 0) is 11.3 Å². The highest BCUT2D eigenvalue weighted by Crippen LogP contribution is 2.69. The molecule has 6 heteroatoms. The zero-order chi connectivity index (χ0) is 24.6. The van der Waals surface area contributed by atoms with Crippen molar-refractivity contribution in [2.75, 3.05) is 0 Å². The van der Waals surface area contributed by atoms with E-state index in [4.69, 9.17) is 0 Å². The average molecular weight is 479 g/mol. The lowest BCUT2D eigenvalue weighted by atomic mass is 9.44. The number of carbonyl (C=O) groups is 1. The van der Waals surface area contributed by atoms with Crippen molar-refractivity contribution in [2.45, 2.75) is 97.6 Å². The molecule has 190 valence electrons. The summed E-state index contributed by atoms with van der Waals surface area (Å²) in [4.78, 5) is 19.6. The van der Waals surface area contributed by atoms with Crippen LogP contribution in [0.3, 0.4) is 0 Å². The van der Waals surface area contributed by atoms with Gasteiger partial charge in [-0.15, -0.1) is 0 Å². The van der Waals surface area contributed by atoms with Gasteiger partial charge in [0.2, 0.25) is 0 Å². The molecule has 9 atom stereocenters. The van der Waals surface area contributed by atoms with Crippen LogP contribution >= 0.6 is 0 Å². The lowest BCUT2D eigenvalue weighted by Gasteiger charge is -2.61. The number of hydrogen-bond donors (Lipinski definition) is 1. The molecule has 0 unspecified atom stereocenters. The minimum atomic E-state index is -0.486. The third kappa shape index (κ3) is 3.60. The normalized spacial score (nSPS) is 45.1. The molecule has 35 heavy (non-hydrogen) atoms. The molecule has 2 heterocycles. The minimum absolute atomic E-state index is 0.0798. The number of aliphatic hydroxyl groups is 1. The van der Waals surface area contributed by atoms with E-state index < -0.39 is 5.60 Å². The Hall–Kier alpha value is -1.82. The average Bonchev–Trinajstić information content (AvgIpc) is 3.36. The van der Waals surface area contributed by atoms with E-state index in [2.05, 4.69) is 36.0 Å². The smallest absolute Gasteiger partial charge is 0.160 e. The minimum Gasteiger partial charge on any atom is -0.390 e. The van der Waals surface area contributed by atoms with Crippen molar-refractivity contribution in [1.82, 2.24) is 20.0 Å². The Morgan fingerprint density at radius 2 is 1.86 bits per heavy atom. The van der Waals surface area contributed by atoms with Crippen LogP contribution in [0.4, 0.5) is 0 Å². The summed E-state index contributed by atoms with van der Waals surface area (Å²) in [6.07, 6.45) is 13.7. The molecule has 4 aliphatic carbocycles. The fraction of sp³-hybridized carbons (Fsp3) is 0.793. The molecule has 4 saturated carbocycles. The predicted molar refractivity (Wildman–Crippen MR) is 135 cm³/mol. The summed E-state index contributed by atoms with van der Waals surface area (Å²) < 4.78 is 0. The Morgan fingerprint density at radius 3 is 2.63 bits per heavy atom. The number of pyridine rings is 1. The van der Waals surface area contributed by atoms with Gasteiger partial charge in [0.05, 0.1) is 11.8 Å². The summed E-state index contributed by atoms with van der Waals surface area (Å²) in [6, 6.07) is 1.86. The second-order valence-electron chi connectivity index (χ2n) is 13.3. The van der Waals surface area contributed by atoms with Gasteiger partial charge in [-0.05, 0) is 105 Å². The van der Waals surface area contributed by atoms with Gasteiger partial charge >= 0.3 is 0 Å². The van der Waals surface area contributed by atoms with Crippen molar-refractivity contribution in [2.24, 2.45) is 46.3 Å². The largest absolute Gasteiger partial charge is 0.390 e. The standard InChI is InChI=1S/C29H42N4O2/c1-5-18-14-22-20-7-6-19-15-27(2,35)11-12-28(19,3)21(20)8-10-29(22,4)26(18)25(34)17-33-31-23-9-13-30-16-24(23)32-33/h9,13,16,18-22,26,35H,5-8,10-12,14-15,17H2,1-4H3/t18-,19+,20-,21+,22+,26-,27-,28+,29+/m1/s1.